The van der Waals surface area contributed by atoms with Gasteiger partial charge in [-0.3, -0.25) is 9.36 Å². The zero-order chi connectivity index (χ0) is 16.0. The molecule has 3 unspecified atom stereocenters. The van der Waals surface area contributed by atoms with Crippen LogP contribution >= 0.6 is 7.82 Å². The number of likely N-dealkylation sites (N-methyl/N-ethyl adjacent to an activating group) is 1. The maximum Gasteiger partial charge on any atom is 0.325 e. The third kappa shape index (κ3) is 7.17. The lowest BCUT2D eigenvalue weighted by molar-refractivity contribution is -1.07. The number of phosphoric acid groups is 1. The fourth-order valence-electron chi connectivity index (χ4n) is 1.62. The molecular formula is C12H25N2O5P. The Morgan fingerprint density at radius 3 is 2.45 bits per heavy atom. The number of hydroxylamine groups is 3. The number of amides is 1. The summed E-state index contributed by atoms with van der Waals surface area (Å²) in [6.07, 6.45) is 0. The smallest absolute Gasteiger partial charge is 0.325 e. The van der Waals surface area contributed by atoms with E-state index in [4.69, 9.17) is 4.62 Å². The van der Waals surface area contributed by atoms with Crippen LogP contribution in [-0.4, -0.2) is 43.3 Å². The van der Waals surface area contributed by atoms with Gasteiger partial charge in [0, 0.05) is 5.57 Å². The zero-order valence-electron chi connectivity index (χ0n) is 12.8. The van der Waals surface area contributed by atoms with Gasteiger partial charge in [-0.2, -0.15) is 4.65 Å². The van der Waals surface area contributed by atoms with Crippen molar-refractivity contribution in [3.8, 4) is 0 Å². The third-order valence-corrected chi connectivity index (χ3v) is 3.85. The lowest BCUT2D eigenvalue weighted by atomic mass is 10.2. The molecule has 0 aliphatic rings. The Kier molecular flexibility index (Phi) is 7.62. The summed E-state index contributed by atoms with van der Waals surface area (Å²) in [4.78, 5) is 23.1. The van der Waals surface area contributed by atoms with E-state index < -0.39 is 7.82 Å². The van der Waals surface area contributed by atoms with Crippen molar-refractivity contribution in [2.75, 3.05) is 26.7 Å². The number of nitrogens with one attached hydrogen (secondary N) is 1. The van der Waals surface area contributed by atoms with Crippen LogP contribution in [0.25, 0.3) is 0 Å². The minimum Gasteiger partial charge on any atom is -0.752 e. The average molecular weight is 308 g/mol. The van der Waals surface area contributed by atoms with Gasteiger partial charge in [0.25, 0.3) is 0 Å². The predicted octanol–water partition coefficient (Wildman–Crippen LogP) is 0.970. The molecule has 0 saturated carbocycles. The van der Waals surface area contributed by atoms with Crippen LogP contribution in [0.2, 0.25) is 0 Å². The van der Waals surface area contributed by atoms with Crippen LogP contribution in [-0.2, 0) is 18.5 Å². The van der Waals surface area contributed by atoms with Crippen LogP contribution in [0.4, 0.5) is 0 Å². The first-order valence-electron chi connectivity index (χ1n) is 6.53. The molecule has 7 nitrogen and oxygen atoms in total. The average Bonchev–Trinajstić information content (AvgIpc) is 2.27. The van der Waals surface area contributed by atoms with Crippen molar-refractivity contribution in [2.45, 2.75) is 33.7 Å². The predicted molar refractivity (Wildman–Crippen MR) is 74.3 cm³/mol. The van der Waals surface area contributed by atoms with Gasteiger partial charge in [-0.1, -0.05) is 6.58 Å². The molecule has 1 amide bonds. The normalized spacial score (nSPS) is 18.7. The van der Waals surface area contributed by atoms with Crippen molar-refractivity contribution in [2.24, 2.45) is 0 Å². The molecule has 0 aromatic rings. The van der Waals surface area contributed by atoms with Crippen LogP contribution in [0.3, 0.4) is 0 Å². The number of carbonyl (C=O) groups excluding carboxylic acids is 1. The number of phosphoric ester groups is 1. The first-order chi connectivity index (χ1) is 9.05. The Balaban J connectivity index is 4.69. The number of rotatable bonds is 9. The lowest BCUT2D eigenvalue weighted by Gasteiger charge is -2.36. The van der Waals surface area contributed by atoms with Gasteiger partial charge in [-0.25, -0.2) is 0 Å². The topological polar surface area (TPSA) is 87.7 Å². The van der Waals surface area contributed by atoms with E-state index in [0.29, 0.717) is 12.1 Å². The molecule has 8 heteroatoms. The van der Waals surface area contributed by atoms with E-state index in [1.807, 2.05) is 0 Å². The first kappa shape index (κ1) is 19.3. The van der Waals surface area contributed by atoms with E-state index in [-0.39, 0.29) is 29.7 Å². The summed E-state index contributed by atoms with van der Waals surface area (Å²) >= 11 is 0. The third-order valence-electron chi connectivity index (χ3n) is 2.68. The van der Waals surface area contributed by atoms with Crippen molar-refractivity contribution < 1.29 is 28.0 Å². The molecule has 0 radical (unpaired) electrons. The van der Waals surface area contributed by atoms with E-state index in [2.05, 4.69) is 16.4 Å². The molecule has 0 rings (SSSR count). The number of nitrogens with zero attached hydrogens (tertiary/aromatic N) is 1. The highest BCUT2D eigenvalue weighted by Crippen LogP contribution is 2.41. The van der Waals surface area contributed by atoms with Gasteiger partial charge in [0.1, 0.15) is 13.1 Å². The van der Waals surface area contributed by atoms with Crippen LogP contribution in [0.1, 0.15) is 27.7 Å². The highest BCUT2D eigenvalue weighted by atomic mass is 31.2. The largest absolute Gasteiger partial charge is 0.752 e. The number of hydrogen-bond donors (Lipinski definition) is 1. The number of carbonyl (C=O) groups is 1. The van der Waals surface area contributed by atoms with Crippen LogP contribution in [0.15, 0.2) is 12.2 Å². The van der Waals surface area contributed by atoms with Crippen molar-refractivity contribution in [1.29, 1.82) is 0 Å². The summed E-state index contributed by atoms with van der Waals surface area (Å²) in [5, 5.41) is 2.72. The maximum absolute atomic E-state index is 11.6. The van der Waals surface area contributed by atoms with Gasteiger partial charge in [0.15, 0.2) is 0 Å². The summed E-state index contributed by atoms with van der Waals surface area (Å²) in [7, 11) is -2.73. The summed E-state index contributed by atoms with van der Waals surface area (Å²) < 4.78 is 21.0. The van der Waals surface area contributed by atoms with Gasteiger partial charge in [-0.15, -0.1) is 4.62 Å². The quantitative estimate of drug-likeness (QED) is 0.297. The second kappa shape index (κ2) is 7.90. The van der Waals surface area contributed by atoms with E-state index in [9.17, 15) is 14.3 Å². The molecule has 1 N–H and O–H groups in total. The second-order valence-electron chi connectivity index (χ2n) is 4.90. The molecule has 0 aromatic carbocycles. The van der Waals surface area contributed by atoms with Crippen LogP contribution < -0.4 is 10.2 Å². The standard InChI is InChI=1S/C12H25N2O5P/c1-7-14(6,19-20(16,17)18-8-2)9-11(5)13-12(15)10(3)4/h11H,3,7-9H2,1-2,4-6H3,(H-,13,15,16,17). The lowest BCUT2D eigenvalue weighted by Crippen LogP contribution is -2.52. The molecule has 3 atom stereocenters. The van der Waals surface area contributed by atoms with Gasteiger partial charge in [0.2, 0.25) is 5.91 Å². The van der Waals surface area contributed by atoms with Gasteiger partial charge < -0.3 is 14.7 Å². The Hall–Kier alpha value is -0.720. The summed E-state index contributed by atoms with van der Waals surface area (Å²) in [5.41, 5.74) is 0.396. The summed E-state index contributed by atoms with van der Waals surface area (Å²) in [6, 6.07) is -0.272. The molecule has 20 heavy (non-hydrogen) atoms. The monoisotopic (exact) mass is 308 g/mol. The van der Waals surface area contributed by atoms with E-state index in [1.54, 1.807) is 34.7 Å². The molecule has 0 spiro atoms. The molecule has 0 heterocycles. The van der Waals surface area contributed by atoms with Gasteiger partial charge in [0.05, 0.1) is 19.7 Å². The molecule has 0 aromatic heterocycles. The van der Waals surface area contributed by atoms with Gasteiger partial charge in [-0.05, 0) is 27.7 Å². The van der Waals surface area contributed by atoms with E-state index in [1.165, 1.54) is 0 Å². The Bertz CT molecular complexity index is 401. The van der Waals surface area contributed by atoms with Crippen molar-refractivity contribution in [1.82, 2.24) is 5.32 Å². The highest BCUT2D eigenvalue weighted by molar-refractivity contribution is 7.45. The molecule has 0 saturated heterocycles. The minimum atomic E-state index is -4.35. The minimum absolute atomic E-state index is 0.0203. The fourth-order valence-corrected chi connectivity index (χ4v) is 2.64. The summed E-state index contributed by atoms with van der Waals surface area (Å²) in [6.45, 7) is 11.0. The molecule has 0 aliphatic carbocycles. The van der Waals surface area contributed by atoms with Crippen molar-refractivity contribution in [3.63, 3.8) is 0 Å². The van der Waals surface area contributed by atoms with E-state index in [0.717, 1.165) is 0 Å². The molecule has 0 fully saturated rings. The first-order valence-corrected chi connectivity index (χ1v) is 7.99. The Morgan fingerprint density at radius 2 is 2.05 bits per heavy atom. The fraction of sp³-hybridized carbons (Fsp3) is 0.750. The Labute approximate surface area is 120 Å². The van der Waals surface area contributed by atoms with Crippen LogP contribution in [0.5, 0.6) is 0 Å². The molecule has 0 aliphatic heterocycles. The molecule has 0 bridgehead atoms. The highest BCUT2D eigenvalue weighted by Gasteiger charge is 2.31. The second-order valence-corrected chi connectivity index (χ2v) is 6.21. The van der Waals surface area contributed by atoms with E-state index >= 15 is 0 Å². The maximum atomic E-state index is 11.6. The van der Waals surface area contributed by atoms with Gasteiger partial charge >= 0.3 is 7.82 Å². The molecular weight excluding hydrogens is 283 g/mol. The Morgan fingerprint density at radius 1 is 1.50 bits per heavy atom. The number of hydrogen-bond acceptors (Lipinski definition) is 5. The van der Waals surface area contributed by atoms with Crippen LogP contribution in [0, 0.1) is 0 Å². The molecule has 118 valence electrons. The van der Waals surface area contributed by atoms with Crippen molar-refractivity contribution in [3.05, 3.63) is 12.2 Å². The zero-order valence-corrected chi connectivity index (χ0v) is 13.7. The number of quaternary nitrogens is 1. The summed E-state index contributed by atoms with van der Waals surface area (Å²) in [5.74, 6) is -0.268. The van der Waals surface area contributed by atoms with Crippen molar-refractivity contribution >= 4 is 13.7 Å². The SMILES string of the molecule is C=C(C)C(=O)NC(C)C[N+](C)(CC)OP(=O)([O-])OCC.